The molecular formula is C36H38FN3O6S. The van der Waals surface area contributed by atoms with Crippen LogP contribution in [-0.2, 0) is 11.4 Å². The third-order valence-electron chi connectivity index (χ3n) is 7.91. The van der Waals surface area contributed by atoms with Crippen molar-refractivity contribution in [2.75, 3.05) is 33.9 Å². The SMILES string of the molecule is CCOc1cc(/C=c2/sc3n(c2=O)[C@H](c2cc(OC)ccc2OC)C(C(=O)N(CC)CC)=C(C)N=3)ccc1OCc1ccc(F)cc1. The lowest BCUT2D eigenvalue weighted by Gasteiger charge is -2.30. The van der Waals surface area contributed by atoms with Gasteiger partial charge in [0.25, 0.3) is 11.5 Å². The lowest BCUT2D eigenvalue weighted by atomic mass is 9.93. The first-order valence-electron chi connectivity index (χ1n) is 15.4. The molecule has 1 aliphatic heterocycles. The molecule has 5 rings (SSSR count). The van der Waals surface area contributed by atoms with E-state index in [4.69, 9.17) is 23.9 Å². The van der Waals surface area contributed by atoms with Crippen molar-refractivity contribution in [3.8, 4) is 23.0 Å². The molecule has 0 bridgehead atoms. The molecule has 1 atom stereocenters. The lowest BCUT2D eigenvalue weighted by molar-refractivity contribution is -0.127. The number of halogens is 1. The number of hydrogen-bond donors (Lipinski definition) is 0. The summed E-state index contributed by atoms with van der Waals surface area (Å²) in [7, 11) is 3.12. The molecule has 0 aliphatic carbocycles. The minimum absolute atomic E-state index is 0.196. The maximum absolute atomic E-state index is 14.3. The Labute approximate surface area is 276 Å². The van der Waals surface area contributed by atoms with Crippen molar-refractivity contribution in [3.63, 3.8) is 0 Å². The minimum Gasteiger partial charge on any atom is -0.497 e. The van der Waals surface area contributed by atoms with Gasteiger partial charge >= 0.3 is 0 Å². The summed E-state index contributed by atoms with van der Waals surface area (Å²) in [4.78, 5) is 35.2. The standard InChI is InChI=1S/C36H38FN3O6S/c1-7-39(8-2)35(42)32-22(4)38-36-40(33(32)27-20-26(43-5)15-17-28(27)44-6)34(41)31(47-36)19-24-12-16-29(30(18-24)45-9-3)46-21-23-10-13-25(37)14-11-23/h10-20,33H,7-9,21H2,1-6H3/b31-19+/t33-/m1/s1. The molecular weight excluding hydrogens is 621 g/mol. The number of benzene rings is 3. The second kappa shape index (κ2) is 14.7. The first kappa shape index (κ1) is 33.5. The topological polar surface area (TPSA) is 91.6 Å². The number of fused-ring (bicyclic) bond motifs is 1. The number of amides is 1. The summed E-state index contributed by atoms with van der Waals surface area (Å²) >= 11 is 1.24. The van der Waals surface area contributed by atoms with Crippen molar-refractivity contribution < 1.29 is 28.1 Å². The molecule has 47 heavy (non-hydrogen) atoms. The molecule has 0 unspecified atom stereocenters. The average molecular weight is 660 g/mol. The Kier molecular flexibility index (Phi) is 10.5. The molecule has 1 aromatic heterocycles. The quantitative estimate of drug-likeness (QED) is 0.207. The highest BCUT2D eigenvalue weighted by Gasteiger charge is 2.36. The fraction of sp³-hybridized carbons (Fsp3) is 0.306. The van der Waals surface area contributed by atoms with Crippen molar-refractivity contribution in [2.45, 2.75) is 40.3 Å². The Hall–Kier alpha value is -4.90. The van der Waals surface area contributed by atoms with E-state index in [1.807, 2.05) is 32.9 Å². The Balaban J connectivity index is 1.61. The van der Waals surface area contributed by atoms with E-state index in [0.29, 0.717) is 68.9 Å². The molecule has 0 N–H and O–H groups in total. The van der Waals surface area contributed by atoms with Crippen molar-refractivity contribution in [2.24, 2.45) is 4.99 Å². The van der Waals surface area contributed by atoms with Crippen LogP contribution in [-0.4, -0.2) is 49.3 Å². The van der Waals surface area contributed by atoms with E-state index >= 15 is 0 Å². The fourth-order valence-electron chi connectivity index (χ4n) is 5.52. The van der Waals surface area contributed by atoms with Gasteiger partial charge in [0, 0.05) is 18.7 Å². The normalized spacial score (nSPS) is 14.4. The van der Waals surface area contributed by atoms with E-state index in [9.17, 15) is 14.0 Å². The summed E-state index contributed by atoms with van der Waals surface area (Å²) in [6.07, 6.45) is 1.78. The first-order chi connectivity index (χ1) is 22.7. The summed E-state index contributed by atoms with van der Waals surface area (Å²) in [5.74, 6) is 1.61. The van der Waals surface area contributed by atoms with Gasteiger partial charge in [0.1, 0.15) is 30.0 Å². The summed E-state index contributed by atoms with van der Waals surface area (Å²) < 4.78 is 38.5. The highest BCUT2D eigenvalue weighted by atomic mass is 32.1. The van der Waals surface area contributed by atoms with Crippen LogP contribution in [0.4, 0.5) is 4.39 Å². The Morgan fingerprint density at radius 1 is 0.957 bits per heavy atom. The summed E-state index contributed by atoms with van der Waals surface area (Å²) in [5, 5.41) is 0. The maximum atomic E-state index is 14.3. The van der Waals surface area contributed by atoms with Crippen LogP contribution in [0, 0.1) is 5.82 Å². The number of allylic oxidation sites excluding steroid dienone is 1. The summed E-state index contributed by atoms with van der Waals surface area (Å²) in [6.45, 7) is 9.16. The summed E-state index contributed by atoms with van der Waals surface area (Å²) in [5.41, 5.74) is 2.79. The van der Waals surface area contributed by atoms with Crippen molar-refractivity contribution in [1.82, 2.24) is 9.47 Å². The highest BCUT2D eigenvalue weighted by molar-refractivity contribution is 7.07. The largest absolute Gasteiger partial charge is 0.497 e. The molecule has 4 aromatic rings. The number of likely N-dealkylation sites (N-methyl/N-ethyl adjacent to an activating group) is 1. The maximum Gasteiger partial charge on any atom is 0.271 e. The van der Waals surface area contributed by atoms with Gasteiger partial charge in [-0.3, -0.25) is 14.2 Å². The van der Waals surface area contributed by atoms with Gasteiger partial charge in [0.2, 0.25) is 0 Å². The van der Waals surface area contributed by atoms with Crippen LogP contribution < -0.4 is 33.8 Å². The zero-order valence-electron chi connectivity index (χ0n) is 27.3. The number of carbonyl (C=O) groups is 1. The highest BCUT2D eigenvalue weighted by Crippen LogP contribution is 2.38. The van der Waals surface area contributed by atoms with Crippen LogP contribution in [0.1, 0.15) is 50.4 Å². The van der Waals surface area contributed by atoms with Gasteiger partial charge in [0.15, 0.2) is 16.3 Å². The van der Waals surface area contributed by atoms with Crippen LogP contribution >= 0.6 is 11.3 Å². The van der Waals surface area contributed by atoms with Gasteiger partial charge in [-0.15, -0.1) is 0 Å². The number of methoxy groups -OCH3 is 2. The number of ether oxygens (including phenoxy) is 4. The number of nitrogens with zero attached hydrogens (tertiary/aromatic N) is 3. The molecule has 0 saturated carbocycles. The van der Waals surface area contributed by atoms with Crippen molar-refractivity contribution >= 4 is 23.3 Å². The zero-order chi connectivity index (χ0) is 33.7. The van der Waals surface area contributed by atoms with Gasteiger partial charge < -0.3 is 23.8 Å². The fourth-order valence-corrected chi connectivity index (χ4v) is 6.57. The third kappa shape index (κ3) is 6.95. The third-order valence-corrected chi connectivity index (χ3v) is 8.89. The molecule has 0 radical (unpaired) electrons. The molecule has 246 valence electrons. The molecule has 9 nitrogen and oxygen atoms in total. The molecule has 1 aliphatic rings. The summed E-state index contributed by atoms with van der Waals surface area (Å²) in [6, 6.07) is 16.1. The predicted molar refractivity (Wildman–Crippen MR) is 180 cm³/mol. The number of rotatable bonds is 12. The van der Waals surface area contributed by atoms with Crippen LogP contribution in [0.15, 0.2) is 81.7 Å². The second-order valence-corrected chi connectivity index (χ2v) is 11.7. The van der Waals surface area contributed by atoms with Crippen LogP contribution in [0.5, 0.6) is 23.0 Å². The number of hydrogen-bond acceptors (Lipinski definition) is 8. The van der Waals surface area contributed by atoms with Gasteiger partial charge in [-0.1, -0.05) is 29.5 Å². The number of carbonyl (C=O) groups excluding carboxylic acids is 1. The van der Waals surface area contributed by atoms with Crippen LogP contribution in [0.25, 0.3) is 6.08 Å². The zero-order valence-corrected chi connectivity index (χ0v) is 28.2. The Morgan fingerprint density at radius 3 is 2.34 bits per heavy atom. The van der Waals surface area contributed by atoms with Crippen molar-refractivity contribution in [1.29, 1.82) is 0 Å². The van der Waals surface area contributed by atoms with Crippen LogP contribution in [0.2, 0.25) is 0 Å². The van der Waals surface area contributed by atoms with Gasteiger partial charge in [-0.25, -0.2) is 9.38 Å². The molecule has 1 amide bonds. The first-order valence-corrected chi connectivity index (χ1v) is 16.2. The monoisotopic (exact) mass is 659 g/mol. The van der Waals surface area contributed by atoms with E-state index in [0.717, 1.165) is 11.1 Å². The molecule has 3 aromatic carbocycles. The van der Waals surface area contributed by atoms with Gasteiger partial charge in [0.05, 0.1) is 36.6 Å². The molecule has 0 spiro atoms. The minimum atomic E-state index is -0.798. The number of thiazole rings is 1. The van der Waals surface area contributed by atoms with Gasteiger partial charge in [-0.05, 0) is 87.4 Å². The van der Waals surface area contributed by atoms with Gasteiger partial charge in [-0.2, -0.15) is 0 Å². The number of aromatic nitrogens is 1. The smallest absolute Gasteiger partial charge is 0.271 e. The second-order valence-electron chi connectivity index (χ2n) is 10.7. The molecule has 0 saturated heterocycles. The average Bonchev–Trinajstić information content (AvgIpc) is 3.38. The predicted octanol–water partition coefficient (Wildman–Crippen LogP) is 5.24. The van der Waals surface area contributed by atoms with Crippen molar-refractivity contribution in [3.05, 3.63) is 114 Å². The van der Waals surface area contributed by atoms with E-state index in [-0.39, 0.29) is 23.9 Å². The molecule has 0 fully saturated rings. The Morgan fingerprint density at radius 2 is 1.68 bits per heavy atom. The van der Waals surface area contributed by atoms with E-state index in [1.54, 1.807) is 73.1 Å². The van der Waals surface area contributed by atoms with Crippen LogP contribution in [0.3, 0.4) is 0 Å². The van der Waals surface area contributed by atoms with E-state index in [2.05, 4.69) is 0 Å². The van der Waals surface area contributed by atoms with E-state index in [1.165, 1.54) is 23.5 Å². The van der Waals surface area contributed by atoms with E-state index < -0.39 is 6.04 Å². The lowest BCUT2D eigenvalue weighted by Crippen LogP contribution is -2.43. The molecule has 11 heteroatoms. The molecule has 2 heterocycles. The Bertz CT molecular complexity index is 1980.